The summed E-state index contributed by atoms with van der Waals surface area (Å²) < 4.78 is 5.44. The number of hydrogen-bond donors (Lipinski definition) is 1. The predicted octanol–water partition coefficient (Wildman–Crippen LogP) is 2.32. The molecule has 1 spiro atoms. The van der Waals surface area contributed by atoms with Crippen LogP contribution in [0.15, 0.2) is 18.2 Å². The summed E-state index contributed by atoms with van der Waals surface area (Å²) in [4.78, 5) is 14.8. The minimum Gasteiger partial charge on any atom is -0.372 e. The molecule has 4 heteroatoms. The van der Waals surface area contributed by atoms with Crippen LogP contribution in [-0.4, -0.2) is 37.0 Å². The number of likely N-dealkylation sites (tertiary alicyclic amines) is 1. The first-order valence-electron chi connectivity index (χ1n) is 8.45. The second-order valence-electron chi connectivity index (χ2n) is 7.02. The highest BCUT2D eigenvalue weighted by Gasteiger charge is 2.36. The maximum atomic E-state index is 12.7. The van der Waals surface area contributed by atoms with Crippen LogP contribution in [0.4, 0.5) is 0 Å². The lowest BCUT2D eigenvalue weighted by atomic mass is 9.71. The molecule has 3 aliphatic heterocycles. The third-order valence-electron chi connectivity index (χ3n) is 5.74. The first kappa shape index (κ1) is 14.2. The van der Waals surface area contributed by atoms with E-state index in [0.717, 1.165) is 44.6 Å². The number of carbonyl (C=O) groups excluding carboxylic acids is 1. The predicted molar refractivity (Wildman–Crippen MR) is 84.6 cm³/mol. The summed E-state index contributed by atoms with van der Waals surface area (Å²) in [6, 6.07) is 6.04. The van der Waals surface area contributed by atoms with Crippen molar-refractivity contribution in [3.63, 3.8) is 0 Å². The van der Waals surface area contributed by atoms with Crippen molar-refractivity contribution in [1.29, 1.82) is 0 Å². The molecule has 2 fully saturated rings. The average molecular weight is 300 g/mol. The fourth-order valence-corrected chi connectivity index (χ4v) is 4.13. The molecule has 2 saturated heterocycles. The summed E-state index contributed by atoms with van der Waals surface area (Å²) in [6.45, 7) is 5.42. The van der Waals surface area contributed by atoms with Crippen molar-refractivity contribution in [3.05, 3.63) is 34.9 Å². The van der Waals surface area contributed by atoms with E-state index >= 15 is 0 Å². The molecular weight excluding hydrogens is 276 g/mol. The quantitative estimate of drug-likeness (QED) is 0.865. The molecule has 0 aliphatic carbocycles. The fourth-order valence-electron chi connectivity index (χ4n) is 4.13. The van der Waals surface area contributed by atoms with Crippen LogP contribution in [0.1, 0.15) is 47.2 Å². The van der Waals surface area contributed by atoms with Gasteiger partial charge in [0.15, 0.2) is 0 Å². The molecule has 4 rings (SSSR count). The minimum atomic E-state index is 0.193. The molecule has 0 unspecified atom stereocenters. The highest BCUT2D eigenvalue weighted by atomic mass is 16.5. The smallest absolute Gasteiger partial charge is 0.253 e. The van der Waals surface area contributed by atoms with Crippen LogP contribution >= 0.6 is 0 Å². The molecule has 3 heterocycles. The Morgan fingerprint density at radius 1 is 1.05 bits per heavy atom. The maximum Gasteiger partial charge on any atom is 0.253 e. The molecule has 0 radical (unpaired) electrons. The number of nitrogens with one attached hydrogen (secondary N) is 1. The van der Waals surface area contributed by atoms with Crippen molar-refractivity contribution in [2.75, 3.05) is 26.2 Å². The van der Waals surface area contributed by atoms with E-state index in [1.54, 1.807) is 0 Å². The van der Waals surface area contributed by atoms with Crippen LogP contribution in [0.2, 0.25) is 0 Å². The van der Waals surface area contributed by atoms with Crippen molar-refractivity contribution < 1.29 is 9.53 Å². The third kappa shape index (κ3) is 2.55. The number of piperidine rings is 2. The summed E-state index contributed by atoms with van der Waals surface area (Å²) in [7, 11) is 0. The van der Waals surface area contributed by atoms with Gasteiger partial charge in [-0.05, 0) is 67.4 Å². The molecule has 0 aromatic heterocycles. The topological polar surface area (TPSA) is 41.6 Å². The van der Waals surface area contributed by atoms with E-state index in [1.165, 1.54) is 24.0 Å². The SMILES string of the molecule is O=C(c1ccc2c(c1)COC2)N1CCC2(CCNCC2)CC1. The second kappa shape index (κ2) is 5.67. The van der Waals surface area contributed by atoms with Gasteiger partial charge in [0, 0.05) is 18.7 Å². The van der Waals surface area contributed by atoms with Crippen LogP contribution in [-0.2, 0) is 18.0 Å². The number of amides is 1. The lowest BCUT2D eigenvalue weighted by molar-refractivity contribution is 0.0495. The number of benzene rings is 1. The lowest BCUT2D eigenvalue weighted by Gasteiger charge is -2.44. The van der Waals surface area contributed by atoms with E-state index in [2.05, 4.69) is 5.32 Å². The normalized spacial score (nSPS) is 23.5. The van der Waals surface area contributed by atoms with Gasteiger partial charge >= 0.3 is 0 Å². The second-order valence-corrected chi connectivity index (χ2v) is 7.02. The van der Waals surface area contributed by atoms with E-state index in [-0.39, 0.29) is 5.91 Å². The number of ether oxygens (including phenoxy) is 1. The Bertz CT molecular complexity index is 568. The highest BCUT2D eigenvalue weighted by Crippen LogP contribution is 2.39. The summed E-state index contributed by atoms with van der Waals surface area (Å²) >= 11 is 0. The minimum absolute atomic E-state index is 0.193. The van der Waals surface area contributed by atoms with Crippen molar-refractivity contribution in [2.24, 2.45) is 5.41 Å². The number of fused-ring (bicyclic) bond motifs is 1. The zero-order valence-electron chi connectivity index (χ0n) is 13.1. The van der Waals surface area contributed by atoms with Gasteiger partial charge in [0.1, 0.15) is 0 Å². The fraction of sp³-hybridized carbons (Fsp3) is 0.611. The average Bonchev–Trinajstić information content (AvgIpc) is 3.03. The van der Waals surface area contributed by atoms with E-state index in [0.29, 0.717) is 18.6 Å². The first-order valence-corrected chi connectivity index (χ1v) is 8.45. The first-order chi connectivity index (χ1) is 10.8. The van der Waals surface area contributed by atoms with Gasteiger partial charge in [-0.3, -0.25) is 4.79 Å². The van der Waals surface area contributed by atoms with Crippen LogP contribution in [0.5, 0.6) is 0 Å². The van der Waals surface area contributed by atoms with Gasteiger partial charge < -0.3 is 15.0 Å². The van der Waals surface area contributed by atoms with Crippen LogP contribution in [0, 0.1) is 5.41 Å². The summed E-state index contributed by atoms with van der Waals surface area (Å²) in [5, 5.41) is 3.45. The molecule has 0 saturated carbocycles. The lowest BCUT2D eigenvalue weighted by Crippen LogP contribution is -2.47. The number of hydrogen-bond acceptors (Lipinski definition) is 3. The van der Waals surface area contributed by atoms with Gasteiger partial charge in [-0.1, -0.05) is 6.07 Å². The number of nitrogens with zero attached hydrogens (tertiary/aromatic N) is 1. The van der Waals surface area contributed by atoms with E-state index < -0.39 is 0 Å². The molecule has 4 nitrogen and oxygen atoms in total. The molecule has 1 amide bonds. The molecule has 22 heavy (non-hydrogen) atoms. The van der Waals surface area contributed by atoms with E-state index in [4.69, 9.17) is 4.74 Å². The van der Waals surface area contributed by atoms with Crippen molar-refractivity contribution >= 4 is 5.91 Å². The van der Waals surface area contributed by atoms with Crippen LogP contribution in [0.25, 0.3) is 0 Å². The number of carbonyl (C=O) groups is 1. The molecule has 0 atom stereocenters. The monoisotopic (exact) mass is 300 g/mol. The largest absolute Gasteiger partial charge is 0.372 e. The van der Waals surface area contributed by atoms with Gasteiger partial charge in [-0.15, -0.1) is 0 Å². The van der Waals surface area contributed by atoms with E-state index in [1.807, 2.05) is 23.1 Å². The molecule has 1 aromatic rings. The molecule has 1 aromatic carbocycles. The zero-order valence-corrected chi connectivity index (χ0v) is 13.1. The van der Waals surface area contributed by atoms with Crippen molar-refractivity contribution in [3.8, 4) is 0 Å². The van der Waals surface area contributed by atoms with Gasteiger partial charge in [0.05, 0.1) is 13.2 Å². The molecule has 1 N–H and O–H groups in total. The Kier molecular flexibility index (Phi) is 3.66. The third-order valence-corrected chi connectivity index (χ3v) is 5.74. The van der Waals surface area contributed by atoms with E-state index in [9.17, 15) is 4.79 Å². The Morgan fingerprint density at radius 3 is 2.55 bits per heavy atom. The summed E-state index contributed by atoms with van der Waals surface area (Å²) in [5.41, 5.74) is 3.72. The van der Waals surface area contributed by atoms with Crippen LogP contribution < -0.4 is 5.32 Å². The summed E-state index contributed by atoms with van der Waals surface area (Å²) in [5.74, 6) is 0.193. The Labute approximate surface area is 131 Å². The van der Waals surface area contributed by atoms with Gasteiger partial charge in [0.25, 0.3) is 5.91 Å². The maximum absolute atomic E-state index is 12.7. The van der Waals surface area contributed by atoms with Gasteiger partial charge in [-0.2, -0.15) is 0 Å². The van der Waals surface area contributed by atoms with Crippen molar-refractivity contribution in [2.45, 2.75) is 38.9 Å². The Balaban J connectivity index is 1.43. The van der Waals surface area contributed by atoms with Gasteiger partial charge in [0.2, 0.25) is 0 Å². The Morgan fingerprint density at radius 2 is 1.77 bits per heavy atom. The van der Waals surface area contributed by atoms with Crippen LogP contribution in [0.3, 0.4) is 0 Å². The standard InChI is InChI=1S/C18H24N2O2/c21-17(14-1-2-15-12-22-13-16(15)11-14)20-9-5-18(6-10-20)3-7-19-8-4-18/h1-2,11,19H,3-10,12-13H2. The molecule has 3 aliphatic rings. The molecule has 0 bridgehead atoms. The Hall–Kier alpha value is -1.39. The highest BCUT2D eigenvalue weighted by molar-refractivity contribution is 5.94. The number of rotatable bonds is 1. The molecule has 118 valence electrons. The van der Waals surface area contributed by atoms with Gasteiger partial charge in [-0.25, -0.2) is 0 Å². The summed E-state index contributed by atoms with van der Waals surface area (Å²) in [6.07, 6.45) is 4.86. The zero-order chi connectivity index (χ0) is 15.0. The molecular formula is C18H24N2O2. The van der Waals surface area contributed by atoms with Crippen molar-refractivity contribution in [1.82, 2.24) is 10.2 Å².